The highest BCUT2D eigenvalue weighted by Crippen LogP contribution is 2.28. The van der Waals surface area contributed by atoms with Crippen LogP contribution < -0.4 is 5.73 Å². The van der Waals surface area contributed by atoms with Gasteiger partial charge >= 0.3 is 0 Å². The molecule has 1 rings (SSSR count). The number of anilines is 1. The van der Waals surface area contributed by atoms with Crippen molar-refractivity contribution < 1.29 is 0 Å². The monoisotopic (exact) mass is 248 g/mol. The van der Waals surface area contributed by atoms with Crippen LogP contribution in [-0.4, -0.2) is 24.0 Å². The predicted octanol–water partition coefficient (Wildman–Crippen LogP) is 3.67. The van der Waals surface area contributed by atoms with Gasteiger partial charge in [0.15, 0.2) is 0 Å². The van der Waals surface area contributed by atoms with E-state index in [4.69, 9.17) is 5.73 Å². The fraction of sp³-hybridized carbons (Fsp3) is 0.625. The van der Waals surface area contributed by atoms with E-state index in [9.17, 15) is 0 Å². The molecule has 2 heteroatoms. The molecule has 2 nitrogen and oxygen atoms in total. The maximum Gasteiger partial charge on any atom is 0.0314 e. The first-order valence-corrected chi connectivity index (χ1v) is 6.76. The molecule has 0 aliphatic heterocycles. The number of hydrogen-bond acceptors (Lipinski definition) is 2. The van der Waals surface area contributed by atoms with Crippen LogP contribution in [0.2, 0.25) is 0 Å². The highest BCUT2D eigenvalue weighted by molar-refractivity contribution is 5.41. The van der Waals surface area contributed by atoms with Crippen molar-refractivity contribution in [1.29, 1.82) is 0 Å². The molecule has 1 aromatic carbocycles. The number of nitrogens with zero attached hydrogens (tertiary/aromatic N) is 1. The van der Waals surface area contributed by atoms with E-state index >= 15 is 0 Å². The van der Waals surface area contributed by atoms with Crippen molar-refractivity contribution in [2.24, 2.45) is 0 Å². The minimum absolute atomic E-state index is 0.134. The summed E-state index contributed by atoms with van der Waals surface area (Å²) in [4.78, 5) is 2.45. The lowest BCUT2D eigenvalue weighted by Crippen LogP contribution is -2.46. The first kappa shape index (κ1) is 15.0. The summed E-state index contributed by atoms with van der Waals surface area (Å²) in [6, 6.07) is 8.26. The molecule has 0 bridgehead atoms. The van der Waals surface area contributed by atoms with Crippen molar-refractivity contribution in [1.82, 2.24) is 4.90 Å². The van der Waals surface area contributed by atoms with Crippen LogP contribution in [-0.2, 0) is 5.41 Å². The zero-order valence-corrected chi connectivity index (χ0v) is 12.7. The fourth-order valence-electron chi connectivity index (χ4n) is 2.10. The number of rotatable bonds is 5. The minimum Gasteiger partial charge on any atom is -0.399 e. The number of nitrogen functional groups attached to an aromatic ring is 1. The molecule has 0 fully saturated rings. The van der Waals surface area contributed by atoms with Crippen molar-refractivity contribution in [3.8, 4) is 0 Å². The molecule has 0 aromatic heterocycles. The fourth-order valence-corrected chi connectivity index (χ4v) is 2.10. The second-order valence-electron chi connectivity index (χ2n) is 6.53. The third-order valence-corrected chi connectivity index (χ3v) is 4.22. The molecule has 1 aromatic rings. The summed E-state index contributed by atoms with van der Waals surface area (Å²) in [5.74, 6) is 0. The Morgan fingerprint density at radius 3 is 2.00 bits per heavy atom. The number of benzene rings is 1. The SMILES string of the molecule is CCC(C)(C)N(C)CC(C)(C)c1ccc(N)cc1. The zero-order chi connectivity index (χ0) is 14.0. The van der Waals surface area contributed by atoms with Crippen molar-refractivity contribution in [3.05, 3.63) is 29.8 Å². The van der Waals surface area contributed by atoms with E-state index in [1.165, 1.54) is 5.56 Å². The Bertz CT molecular complexity index is 377. The van der Waals surface area contributed by atoms with E-state index in [-0.39, 0.29) is 11.0 Å². The maximum absolute atomic E-state index is 5.75. The third kappa shape index (κ3) is 3.49. The van der Waals surface area contributed by atoms with E-state index in [1.54, 1.807) is 0 Å². The summed E-state index contributed by atoms with van der Waals surface area (Å²) in [6.07, 6.45) is 1.15. The van der Waals surface area contributed by atoms with Crippen molar-refractivity contribution >= 4 is 5.69 Å². The van der Waals surface area contributed by atoms with Gasteiger partial charge in [0.2, 0.25) is 0 Å². The molecule has 0 heterocycles. The Morgan fingerprint density at radius 1 is 1.06 bits per heavy atom. The summed E-state index contributed by atoms with van der Waals surface area (Å²) in [7, 11) is 2.21. The summed E-state index contributed by atoms with van der Waals surface area (Å²) in [6.45, 7) is 12.5. The Kier molecular flexibility index (Phi) is 4.44. The van der Waals surface area contributed by atoms with E-state index in [0.29, 0.717) is 0 Å². The Labute approximate surface area is 112 Å². The van der Waals surface area contributed by atoms with Gasteiger partial charge in [-0.1, -0.05) is 32.9 Å². The molecule has 0 spiro atoms. The van der Waals surface area contributed by atoms with E-state index in [1.807, 2.05) is 12.1 Å². The lowest BCUT2D eigenvalue weighted by atomic mass is 9.82. The minimum atomic E-state index is 0.134. The lowest BCUT2D eigenvalue weighted by molar-refractivity contribution is 0.124. The Hall–Kier alpha value is -1.02. The molecule has 102 valence electrons. The van der Waals surface area contributed by atoms with E-state index in [0.717, 1.165) is 18.7 Å². The van der Waals surface area contributed by atoms with Gasteiger partial charge in [0.25, 0.3) is 0 Å². The Balaban J connectivity index is 2.84. The maximum atomic E-state index is 5.75. The van der Waals surface area contributed by atoms with Gasteiger partial charge < -0.3 is 10.6 Å². The van der Waals surface area contributed by atoms with Crippen molar-refractivity contribution in [2.45, 2.75) is 52.0 Å². The predicted molar refractivity (Wildman–Crippen MR) is 80.9 cm³/mol. The van der Waals surface area contributed by atoms with Gasteiger partial charge in [-0.15, -0.1) is 0 Å². The molecule has 0 atom stereocenters. The molecule has 2 N–H and O–H groups in total. The second-order valence-corrected chi connectivity index (χ2v) is 6.53. The van der Waals surface area contributed by atoms with Gasteiger partial charge in [-0.25, -0.2) is 0 Å². The van der Waals surface area contributed by atoms with Gasteiger partial charge in [0, 0.05) is 23.2 Å². The van der Waals surface area contributed by atoms with Crippen LogP contribution in [0.1, 0.15) is 46.6 Å². The first-order valence-electron chi connectivity index (χ1n) is 6.76. The molecule has 0 amide bonds. The average Bonchev–Trinajstić information content (AvgIpc) is 2.29. The van der Waals surface area contributed by atoms with Crippen LogP contribution >= 0.6 is 0 Å². The van der Waals surface area contributed by atoms with Crippen molar-refractivity contribution in [3.63, 3.8) is 0 Å². The number of likely N-dealkylation sites (N-methyl/N-ethyl adjacent to an activating group) is 1. The molecule has 0 radical (unpaired) electrons. The normalized spacial score (nSPS) is 13.1. The standard InChI is InChI=1S/C16H28N2/c1-7-16(4,5)18(6)12-15(2,3)13-8-10-14(17)11-9-13/h8-11H,7,12,17H2,1-6H3. The smallest absolute Gasteiger partial charge is 0.0314 e. The van der Waals surface area contributed by atoms with E-state index in [2.05, 4.69) is 58.7 Å². The van der Waals surface area contributed by atoms with Crippen LogP contribution in [0, 0.1) is 0 Å². The van der Waals surface area contributed by atoms with Crippen molar-refractivity contribution in [2.75, 3.05) is 19.3 Å². The van der Waals surface area contributed by atoms with Crippen LogP contribution in [0.4, 0.5) is 5.69 Å². The molecule has 0 aliphatic rings. The highest BCUT2D eigenvalue weighted by Gasteiger charge is 2.28. The van der Waals surface area contributed by atoms with Crippen LogP contribution in [0.25, 0.3) is 0 Å². The molecule has 0 aliphatic carbocycles. The van der Waals surface area contributed by atoms with E-state index < -0.39 is 0 Å². The second kappa shape index (κ2) is 5.31. The molecule has 0 saturated carbocycles. The summed E-state index contributed by atoms with van der Waals surface area (Å²) in [5.41, 5.74) is 8.30. The summed E-state index contributed by atoms with van der Waals surface area (Å²) >= 11 is 0. The summed E-state index contributed by atoms with van der Waals surface area (Å²) in [5, 5.41) is 0. The molecule has 0 unspecified atom stereocenters. The quantitative estimate of drug-likeness (QED) is 0.806. The van der Waals surface area contributed by atoms with Gasteiger partial charge in [-0.05, 0) is 45.0 Å². The van der Waals surface area contributed by atoms with Gasteiger partial charge in [0.1, 0.15) is 0 Å². The average molecular weight is 248 g/mol. The molecule has 0 saturated heterocycles. The van der Waals surface area contributed by atoms with Gasteiger partial charge in [-0.3, -0.25) is 0 Å². The summed E-state index contributed by atoms with van der Waals surface area (Å²) < 4.78 is 0. The first-order chi connectivity index (χ1) is 8.19. The number of nitrogens with two attached hydrogens (primary N) is 1. The molecular weight excluding hydrogens is 220 g/mol. The van der Waals surface area contributed by atoms with Crippen LogP contribution in [0.5, 0.6) is 0 Å². The Morgan fingerprint density at radius 2 is 1.56 bits per heavy atom. The third-order valence-electron chi connectivity index (χ3n) is 4.22. The van der Waals surface area contributed by atoms with Crippen LogP contribution in [0.3, 0.4) is 0 Å². The zero-order valence-electron chi connectivity index (χ0n) is 12.7. The number of hydrogen-bond donors (Lipinski definition) is 1. The molecule has 18 heavy (non-hydrogen) atoms. The highest BCUT2D eigenvalue weighted by atomic mass is 15.2. The van der Waals surface area contributed by atoms with Gasteiger partial charge in [-0.2, -0.15) is 0 Å². The van der Waals surface area contributed by atoms with Gasteiger partial charge in [0.05, 0.1) is 0 Å². The van der Waals surface area contributed by atoms with Crippen LogP contribution in [0.15, 0.2) is 24.3 Å². The largest absolute Gasteiger partial charge is 0.399 e. The lowest BCUT2D eigenvalue weighted by Gasteiger charge is -2.40. The molecular formula is C16H28N2. The topological polar surface area (TPSA) is 29.3 Å².